The SMILES string of the molecule is COc1ccccc1/C=C/C(=O)NC(=S)Nc1cc(C)ccc1O. The number of carbonyl (C=O) groups is 1. The number of hydrogen-bond acceptors (Lipinski definition) is 4. The Morgan fingerprint density at radius 3 is 2.75 bits per heavy atom. The van der Waals surface area contributed by atoms with Crippen molar-refractivity contribution in [2.24, 2.45) is 0 Å². The monoisotopic (exact) mass is 342 g/mol. The number of carbonyl (C=O) groups excluding carboxylic acids is 1. The van der Waals surface area contributed by atoms with Crippen molar-refractivity contribution in [2.75, 3.05) is 12.4 Å². The Morgan fingerprint density at radius 2 is 2.00 bits per heavy atom. The van der Waals surface area contributed by atoms with Gasteiger partial charge in [-0.05, 0) is 49.0 Å². The minimum Gasteiger partial charge on any atom is -0.506 e. The lowest BCUT2D eigenvalue weighted by Gasteiger charge is -2.10. The summed E-state index contributed by atoms with van der Waals surface area (Å²) in [6.07, 6.45) is 3.00. The smallest absolute Gasteiger partial charge is 0.250 e. The molecule has 3 N–H and O–H groups in total. The van der Waals surface area contributed by atoms with Crippen molar-refractivity contribution in [3.63, 3.8) is 0 Å². The van der Waals surface area contributed by atoms with E-state index in [0.29, 0.717) is 11.4 Å². The van der Waals surface area contributed by atoms with Crippen molar-refractivity contribution in [1.82, 2.24) is 5.32 Å². The van der Waals surface area contributed by atoms with Gasteiger partial charge in [-0.25, -0.2) is 0 Å². The predicted octanol–water partition coefficient (Wildman–Crippen LogP) is 3.24. The summed E-state index contributed by atoms with van der Waals surface area (Å²) in [5.41, 5.74) is 2.18. The molecule has 0 aliphatic heterocycles. The van der Waals surface area contributed by atoms with Crippen LogP contribution in [0.5, 0.6) is 11.5 Å². The van der Waals surface area contributed by atoms with Gasteiger partial charge in [-0.3, -0.25) is 10.1 Å². The van der Waals surface area contributed by atoms with E-state index in [2.05, 4.69) is 10.6 Å². The number of phenols is 1. The van der Waals surface area contributed by atoms with E-state index in [9.17, 15) is 9.90 Å². The third-order valence-electron chi connectivity index (χ3n) is 3.19. The standard InChI is InChI=1S/C18H18N2O3S/c1-12-7-9-15(21)14(11-12)19-18(24)20-17(22)10-8-13-5-3-4-6-16(13)23-2/h3-11,21H,1-2H3,(H2,19,20,22,24)/b10-8+. The first-order valence-electron chi connectivity index (χ1n) is 7.22. The van der Waals surface area contributed by atoms with Crippen molar-refractivity contribution in [3.05, 3.63) is 59.7 Å². The molecule has 2 rings (SSSR count). The Morgan fingerprint density at radius 1 is 1.25 bits per heavy atom. The largest absolute Gasteiger partial charge is 0.506 e. The van der Waals surface area contributed by atoms with E-state index in [0.717, 1.165) is 11.1 Å². The normalized spacial score (nSPS) is 10.4. The molecule has 0 heterocycles. The number of nitrogens with one attached hydrogen (secondary N) is 2. The van der Waals surface area contributed by atoms with Crippen LogP contribution in [0.3, 0.4) is 0 Å². The van der Waals surface area contributed by atoms with Gasteiger partial charge in [0.05, 0.1) is 12.8 Å². The van der Waals surface area contributed by atoms with Crippen LogP contribution in [0.1, 0.15) is 11.1 Å². The Kier molecular flexibility index (Phi) is 5.92. The highest BCUT2D eigenvalue weighted by Crippen LogP contribution is 2.23. The van der Waals surface area contributed by atoms with E-state index >= 15 is 0 Å². The van der Waals surface area contributed by atoms with Gasteiger partial charge in [0.15, 0.2) is 5.11 Å². The molecule has 5 nitrogen and oxygen atoms in total. The first-order chi connectivity index (χ1) is 11.5. The van der Waals surface area contributed by atoms with Crippen LogP contribution in [0.2, 0.25) is 0 Å². The minimum absolute atomic E-state index is 0.0572. The summed E-state index contributed by atoms with van der Waals surface area (Å²) in [6, 6.07) is 12.4. The molecule has 6 heteroatoms. The molecule has 0 aliphatic carbocycles. The van der Waals surface area contributed by atoms with Gasteiger partial charge in [0.1, 0.15) is 11.5 Å². The fourth-order valence-corrected chi connectivity index (χ4v) is 2.24. The highest BCUT2D eigenvalue weighted by atomic mass is 32.1. The molecule has 0 spiro atoms. The molecule has 0 atom stereocenters. The number of anilines is 1. The van der Waals surface area contributed by atoms with E-state index in [1.807, 2.05) is 31.2 Å². The summed E-state index contributed by atoms with van der Waals surface area (Å²) in [4.78, 5) is 11.9. The summed E-state index contributed by atoms with van der Waals surface area (Å²) >= 11 is 5.08. The van der Waals surface area contributed by atoms with Crippen LogP contribution in [0.4, 0.5) is 5.69 Å². The van der Waals surface area contributed by atoms with Crippen molar-refractivity contribution >= 4 is 35.0 Å². The molecular weight excluding hydrogens is 324 g/mol. The van der Waals surface area contributed by atoms with Crippen LogP contribution in [0, 0.1) is 6.92 Å². The second-order valence-corrected chi connectivity index (χ2v) is 5.45. The zero-order valence-corrected chi connectivity index (χ0v) is 14.2. The molecule has 0 saturated carbocycles. The number of methoxy groups -OCH3 is 1. The lowest BCUT2D eigenvalue weighted by Crippen LogP contribution is -2.32. The molecule has 24 heavy (non-hydrogen) atoms. The number of rotatable bonds is 4. The zero-order valence-electron chi connectivity index (χ0n) is 13.4. The molecule has 0 radical (unpaired) electrons. The zero-order chi connectivity index (χ0) is 17.5. The Bertz CT molecular complexity index is 788. The number of aromatic hydroxyl groups is 1. The Balaban J connectivity index is 1.98. The number of thiocarbonyl (C=S) groups is 1. The highest BCUT2D eigenvalue weighted by molar-refractivity contribution is 7.80. The maximum Gasteiger partial charge on any atom is 0.250 e. The molecule has 0 saturated heterocycles. The number of hydrogen-bond donors (Lipinski definition) is 3. The van der Waals surface area contributed by atoms with Crippen LogP contribution in [0.25, 0.3) is 6.08 Å². The molecule has 2 aromatic rings. The van der Waals surface area contributed by atoms with Crippen molar-refractivity contribution in [2.45, 2.75) is 6.92 Å². The maximum atomic E-state index is 11.9. The molecule has 0 fully saturated rings. The molecule has 0 unspecified atom stereocenters. The number of para-hydroxylation sites is 1. The van der Waals surface area contributed by atoms with Crippen LogP contribution >= 0.6 is 12.2 Å². The molecule has 2 aromatic carbocycles. The quantitative estimate of drug-likeness (QED) is 0.452. The van der Waals surface area contributed by atoms with E-state index in [1.54, 1.807) is 31.4 Å². The second kappa shape index (κ2) is 8.12. The molecule has 0 bridgehead atoms. The number of aryl methyl sites for hydroxylation is 1. The molecule has 0 aliphatic rings. The fraction of sp³-hybridized carbons (Fsp3) is 0.111. The van der Waals surface area contributed by atoms with E-state index in [1.165, 1.54) is 6.08 Å². The Labute approximate surface area is 146 Å². The van der Waals surface area contributed by atoms with Gasteiger partial charge in [-0.2, -0.15) is 0 Å². The Hall–Kier alpha value is -2.86. The number of ether oxygens (including phenoxy) is 1. The summed E-state index contributed by atoms with van der Waals surface area (Å²) < 4.78 is 5.21. The van der Waals surface area contributed by atoms with Gasteiger partial charge in [0.2, 0.25) is 5.91 Å². The van der Waals surface area contributed by atoms with Crippen molar-refractivity contribution in [1.29, 1.82) is 0 Å². The van der Waals surface area contributed by atoms with E-state index < -0.39 is 0 Å². The number of amides is 1. The van der Waals surface area contributed by atoms with Crippen LogP contribution in [-0.2, 0) is 4.79 Å². The van der Waals surface area contributed by atoms with Crippen LogP contribution < -0.4 is 15.4 Å². The van der Waals surface area contributed by atoms with Gasteiger partial charge < -0.3 is 15.2 Å². The molecule has 124 valence electrons. The van der Waals surface area contributed by atoms with E-state index in [4.69, 9.17) is 17.0 Å². The van der Waals surface area contributed by atoms with Crippen molar-refractivity contribution < 1.29 is 14.6 Å². The molecular formula is C18H18N2O3S. The predicted molar refractivity (Wildman–Crippen MR) is 99.2 cm³/mol. The van der Waals surface area contributed by atoms with Crippen LogP contribution in [-0.4, -0.2) is 23.2 Å². The van der Waals surface area contributed by atoms with Crippen molar-refractivity contribution in [3.8, 4) is 11.5 Å². The van der Waals surface area contributed by atoms with E-state index in [-0.39, 0.29) is 16.8 Å². The summed E-state index contributed by atoms with van der Waals surface area (Å²) in [5, 5.41) is 15.2. The number of phenolic OH excluding ortho intramolecular Hbond substituents is 1. The first kappa shape index (κ1) is 17.5. The second-order valence-electron chi connectivity index (χ2n) is 5.04. The highest BCUT2D eigenvalue weighted by Gasteiger charge is 2.06. The van der Waals surface area contributed by atoms with Gasteiger partial charge in [-0.15, -0.1) is 0 Å². The molecule has 0 aromatic heterocycles. The number of benzene rings is 2. The molecule has 1 amide bonds. The lowest BCUT2D eigenvalue weighted by atomic mass is 10.2. The average molecular weight is 342 g/mol. The summed E-state index contributed by atoms with van der Waals surface area (Å²) in [5.74, 6) is 0.347. The third kappa shape index (κ3) is 4.82. The van der Waals surface area contributed by atoms with Gasteiger partial charge >= 0.3 is 0 Å². The summed E-state index contributed by atoms with van der Waals surface area (Å²) in [7, 11) is 1.57. The first-order valence-corrected chi connectivity index (χ1v) is 7.63. The van der Waals surface area contributed by atoms with Gasteiger partial charge in [0, 0.05) is 11.6 Å². The van der Waals surface area contributed by atoms with Gasteiger partial charge in [0.25, 0.3) is 0 Å². The third-order valence-corrected chi connectivity index (χ3v) is 3.39. The summed E-state index contributed by atoms with van der Waals surface area (Å²) in [6.45, 7) is 1.89. The van der Waals surface area contributed by atoms with Gasteiger partial charge in [-0.1, -0.05) is 24.3 Å². The lowest BCUT2D eigenvalue weighted by molar-refractivity contribution is -0.115. The fourth-order valence-electron chi connectivity index (χ4n) is 2.03. The topological polar surface area (TPSA) is 70.6 Å². The van der Waals surface area contributed by atoms with Crippen LogP contribution in [0.15, 0.2) is 48.5 Å². The average Bonchev–Trinajstić information content (AvgIpc) is 2.56. The maximum absolute atomic E-state index is 11.9. The minimum atomic E-state index is -0.384.